The lowest BCUT2D eigenvalue weighted by Gasteiger charge is -2.20. The monoisotopic (exact) mass is 212 g/mol. The highest BCUT2D eigenvalue weighted by molar-refractivity contribution is 7.55. The zero-order valence-electron chi connectivity index (χ0n) is 7.97. The van der Waals surface area contributed by atoms with Crippen LogP contribution in [0.5, 0.6) is 0 Å². The first-order valence-corrected chi connectivity index (χ1v) is 4.98. The Morgan fingerprint density at radius 2 is 1.62 bits per heavy atom. The Kier molecular flexibility index (Phi) is 5.17. The molecule has 0 N–H and O–H groups in total. The first-order valence-electron chi connectivity index (χ1n) is 3.37. The molecule has 0 aromatic carbocycles. The highest BCUT2D eigenvalue weighted by atomic mass is 31.2. The Hall–Kier alpha value is -0.420. The number of hydrogen-bond donors (Lipinski definition) is 0. The van der Waals surface area contributed by atoms with Crippen molar-refractivity contribution in [2.24, 2.45) is 0 Å². The van der Waals surface area contributed by atoms with E-state index in [-0.39, 0.29) is 0 Å². The van der Waals surface area contributed by atoms with Gasteiger partial charge in [-0.05, 0) is 0 Å². The maximum atomic E-state index is 11.6. The topological polar surface area (TPSA) is 71.1 Å². The lowest BCUT2D eigenvalue weighted by molar-refractivity contribution is -0.148. The zero-order chi connectivity index (χ0) is 10.5. The van der Waals surface area contributed by atoms with Crippen LogP contribution in [-0.4, -0.2) is 40.3 Å². The summed E-state index contributed by atoms with van der Waals surface area (Å²) in [6.45, 7) is 0. The van der Waals surface area contributed by atoms with E-state index >= 15 is 0 Å². The second-order valence-electron chi connectivity index (χ2n) is 2.02. The van der Waals surface area contributed by atoms with Crippen LogP contribution in [0.2, 0.25) is 0 Å². The molecule has 0 saturated heterocycles. The fourth-order valence-corrected chi connectivity index (χ4v) is 1.88. The van der Waals surface area contributed by atoms with Crippen molar-refractivity contribution in [3.05, 3.63) is 0 Å². The molecule has 1 atom stereocenters. The van der Waals surface area contributed by atoms with Crippen molar-refractivity contribution in [2.75, 3.05) is 28.4 Å². The van der Waals surface area contributed by atoms with Crippen LogP contribution >= 0.6 is 7.60 Å². The van der Waals surface area contributed by atoms with Gasteiger partial charge in [0.15, 0.2) is 0 Å². The fourth-order valence-electron chi connectivity index (χ4n) is 0.721. The van der Waals surface area contributed by atoms with Crippen LogP contribution in [0.25, 0.3) is 0 Å². The number of rotatable bonds is 5. The van der Waals surface area contributed by atoms with Crippen molar-refractivity contribution in [2.45, 2.75) is 5.85 Å². The average molecular weight is 212 g/mol. The molecule has 0 unspecified atom stereocenters. The van der Waals surface area contributed by atoms with Crippen molar-refractivity contribution in [1.82, 2.24) is 0 Å². The van der Waals surface area contributed by atoms with E-state index < -0.39 is 19.4 Å². The summed E-state index contributed by atoms with van der Waals surface area (Å²) in [5.74, 6) is -2.14. The van der Waals surface area contributed by atoms with Crippen LogP contribution in [-0.2, 0) is 27.9 Å². The number of carbonyl (C=O) groups excluding carboxylic acids is 1. The van der Waals surface area contributed by atoms with Crippen LogP contribution in [0.15, 0.2) is 0 Å². The van der Waals surface area contributed by atoms with Gasteiger partial charge in [0.1, 0.15) is 0 Å². The molecule has 0 aliphatic heterocycles. The molecule has 0 aromatic heterocycles. The number of esters is 1. The smallest absolute Gasteiger partial charge is 0.370 e. The molecule has 0 aromatic rings. The van der Waals surface area contributed by atoms with E-state index in [1.54, 1.807) is 0 Å². The molecule has 6 nitrogen and oxygen atoms in total. The van der Waals surface area contributed by atoms with Crippen LogP contribution in [0, 0.1) is 0 Å². The molecule has 0 heterocycles. The molecule has 0 rings (SSSR count). The fraction of sp³-hybridized carbons (Fsp3) is 0.833. The van der Waals surface area contributed by atoms with Gasteiger partial charge in [-0.15, -0.1) is 0 Å². The van der Waals surface area contributed by atoms with Crippen molar-refractivity contribution < 1.29 is 27.9 Å². The lowest BCUT2D eigenvalue weighted by Crippen LogP contribution is -2.25. The maximum absolute atomic E-state index is 11.6. The van der Waals surface area contributed by atoms with Gasteiger partial charge in [-0.2, -0.15) is 0 Å². The first kappa shape index (κ1) is 12.6. The Labute approximate surface area is 76.6 Å². The minimum Gasteiger partial charge on any atom is -0.467 e. The van der Waals surface area contributed by atoms with Gasteiger partial charge in [-0.25, -0.2) is 4.79 Å². The van der Waals surface area contributed by atoms with Gasteiger partial charge in [0.05, 0.1) is 7.11 Å². The van der Waals surface area contributed by atoms with Crippen LogP contribution < -0.4 is 0 Å². The van der Waals surface area contributed by atoms with Crippen molar-refractivity contribution >= 4 is 13.6 Å². The molecule has 0 aliphatic carbocycles. The van der Waals surface area contributed by atoms with Crippen molar-refractivity contribution in [3.63, 3.8) is 0 Å². The largest absolute Gasteiger partial charge is 0.467 e. The summed E-state index contributed by atoms with van der Waals surface area (Å²) in [6, 6.07) is 0. The van der Waals surface area contributed by atoms with E-state index in [0.29, 0.717) is 0 Å². The molecule has 7 heteroatoms. The van der Waals surface area contributed by atoms with Crippen LogP contribution in [0.3, 0.4) is 0 Å². The number of methoxy groups -OCH3 is 2. The Balaban J connectivity index is 4.73. The average Bonchev–Trinajstić information content (AvgIpc) is 2.18. The van der Waals surface area contributed by atoms with Gasteiger partial charge < -0.3 is 18.5 Å². The van der Waals surface area contributed by atoms with Crippen LogP contribution in [0.4, 0.5) is 0 Å². The standard InChI is InChI=1S/C6H13O6P/c1-9-5(7)6(10-2)13(8,11-3)12-4/h6H,1-4H3/t6-/m1/s1. The summed E-state index contributed by atoms with van der Waals surface area (Å²) in [5, 5.41) is 0. The molecule has 0 spiro atoms. The first-order chi connectivity index (χ1) is 6.05. The molecule has 0 saturated carbocycles. The summed E-state index contributed by atoms with van der Waals surface area (Å²) < 4.78 is 29.8. The van der Waals surface area contributed by atoms with Gasteiger partial charge >= 0.3 is 13.6 Å². The molecule has 0 radical (unpaired) electrons. The highest BCUT2D eigenvalue weighted by Crippen LogP contribution is 2.52. The summed E-state index contributed by atoms with van der Waals surface area (Å²) in [6.07, 6.45) is 0. The molecule has 0 aliphatic rings. The maximum Gasteiger partial charge on any atom is 0.370 e. The zero-order valence-corrected chi connectivity index (χ0v) is 8.87. The normalized spacial score (nSPS) is 13.8. The Morgan fingerprint density at radius 1 is 1.15 bits per heavy atom. The predicted octanol–water partition coefficient (Wildman–Crippen LogP) is 0.618. The second kappa shape index (κ2) is 5.34. The van der Waals surface area contributed by atoms with E-state index in [9.17, 15) is 9.36 Å². The predicted molar refractivity (Wildman–Crippen MR) is 44.4 cm³/mol. The van der Waals surface area contributed by atoms with E-state index in [2.05, 4.69) is 18.5 Å². The molecule has 0 bridgehead atoms. The molecule has 0 amide bonds. The van der Waals surface area contributed by atoms with E-state index in [1.807, 2.05) is 0 Å². The summed E-state index contributed by atoms with van der Waals surface area (Å²) in [5.41, 5.74) is 0. The highest BCUT2D eigenvalue weighted by Gasteiger charge is 2.41. The van der Waals surface area contributed by atoms with Gasteiger partial charge in [0, 0.05) is 21.3 Å². The third-order valence-electron chi connectivity index (χ3n) is 1.42. The summed E-state index contributed by atoms with van der Waals surface area (Å²) in [7, 11) is 1.14. The quantitative estimate of drug-likeness (QED) is 0.491. The van der Waals surface area contributed by atoms with Crippen molar-refractivity contribution in [3.8, 4) is 0 Å². The van der Waals surface area contributed by atoms with E-state index in [4.69, 9.17) is 0 Å². The minimum absolute atomic E-state index is 0.797. The number of ether oxygens (including phenoxy) is 2. The van der Waals surface area contributed by atoms with Crippen molar-refractivity contribution in [1.29, 1.82) is 0 Å². The minimum atomic E-state index is -3.56. The Morgan fingerprint density at radius 3 is 1.85 bits per heavy atom. The van der Waals surface area contributed by atoms with Gasteiger partial charge in [0.25, 0.3) is 5.85 Å². The Bertz CT molecular complexity index is 207. The van der Waals surface area contributed by atoms with Crippen LogP contribution in [0.1, 0.15) is 0 Å². The van der Waals surface area contributed by atoms with E-state index in [1.165, 1.54) is 21.3 Å². The van der Waals surface area contributed by atoms with Gasteiger partial charge in [0.2, 0.25) is 0 Å². The van der Waals surface area contributed by atoms with Gasteiger partial charge in [-0.3, -0.25) is 4.57 Å². The van der Waals surface area contributed by atoms with E-state index in [0.717, 1.165) is 7.11 Å². The molecule has 13 heavy (non-hydrogen) atoms. The molecular weight excluding hydrogens is 199 g/mol. The summed E-state index contributed by atoms with van der Waals surface area (Å²) >= 11 is 0. The molecule has 0 fully saturated rings. The SMILES string of the molecule is COC(=O)[C@H](OC)P(=O)(OC)OC. The number of carbonyl (C=O) groups is 1. The van der Waals surface area contributed by atoms with Gasteiger partial charge in [-0.1, -0.05) is 0 Å². The number of hydrogen-bond acceptors (Lipinski definition) is 6. The molecule has 78 valence electrons. The summed E-state index contributed by atoms with van der Waals surface area (Å²) in [4.78, 5) is 11.0. The second-order valence-corrected chi connectivity index (χ2v) is 4.30. The molecular formula is C6H13O6P. The lowest BCUT2D eigenvalue weighted by atomic mass is 10.7. The third-order valence-corrected chi connectivity index (χ3v) is 3.44. The third kappa shape index (κ3) is 2.77.